The number of ether oxygens (including phenoxy) is 1. The Bertz CT molecular complexity index is 1270. The third-order valence-electron chi connectivity index (χ3n) is 5.64. The summed E-state index contributed by atoms with van der Waals surface area (Å²) in [4.78, 5) is 43.9. The summed E-state index contributed by atoms with van der Waals surface area (Å²) in [5.41, 5.74) is 2.16. The number of nitrogens with zero attached hydrogens (tertiary/aromatic N) is 2. The molecule has 1 fully saturated rings. The number of hydrogen-bond donors (Lipinski definition) is 1. The maximum atomic E-state index is 13.1. The van der Waals surface area contributed by atoms with E-state index >= 15 is 0 Å². The molecule has 0 aliphatic carbocycles. The number of halogens is 1. The Balaban J connectivity index is 1.70. The van der Waals surface area contributed by atoms with Crippen LogP contribution in [-0.4, -0.2) is 39.3 Å². The van der Waals surface area contributed by atoms with Gasteiger partial charge < -0.3 is 14.7 Å². The normalized spacial score (nSPS) is 17.0. The molecule has 4 rings (SSSR count). The lowest BCUT2D eigenvalue weighted by Gasteiger charge is -2.25. The summed E-state index contributed by atoms with van der Waals surface area (Å²) < 4.78 is 5.97. The van der Waals surface area contributed by atoms with E-state index in [-0.39, 0.29) is 17.9 Å². The number of ketones is 1. The van der Waals surface area contributed by atoms with Crippen molar-refractivity contribution >= 4 is 39.3 Å². The predicted molar refractivity (Wildman–Crippen MR) is 133 cm³/mol. The van der Waals surface area contributed by atoms with Gasteiger partial charge in [-0.05, 0) is 47.9 Å². The molecule has 35 heavy (non-hydrogen) atoms. The molecule has 0 radical (unpaired) electrons. The predicted octanol–water partition coefficient (Wildman–Crippen LogP) is 5.03. The van der Waals surface area contributed by atoms with Gasteiger partial charge in [-0.15, -0.1) is 0 Å². The molecule has 2 heterocycles. The summed E-state index contributed by atoms with van der Waals surface area (Å²) in [6, 6.07) is 16.2. The SMILES string of the molecule is CCCOC(=O)c1ccc(CN2C(=O)C(=O)/C(=C(/O)c3ccc(Br)cc3)C2c2cccnc2)cc1. The summed E-state index contributed by atoms with van der Waals surface area (Å²) in [5.74, 6) is -2.15. The number of amides is 1. The van der Waals surface area contributed by atoms with E-state index in [2.05, 4.69) is 20.9 Å². The molecule has 1 aliphatic heterocycles. The fraction of sp³-hybridized carbons (Fsp3) is 0.185. The van der Waals surface area contributed by atoms with Crippen molar-refractivity contribution < 1.29 is 24.2 Å². The number of esters is 1. The van der Waals surface area contributed by atoms with Crippen LogP contribution in [0.3, 0.4) is 0 Å². The van der Waals surface area contributed by atoms with Crippen LogP contribution in [-0.2, 0) is 20.9 Å². The Morgan fingerprint density at radius 1 is 1.06 bits per heavy atom. The molecule has 1 N–H and O–H groups in total. The molecule has 2 aromatic carbocycles. The molecule has 1 unspecified atom stereocenters. The van der Waals surface area contributed by atoms with E-state index in [0.717, 1.165) is 16.5 Å². The number of benzene rings is 2. The van der Waals surface area contributed by atoms with Crippen LogP contribution in [0.25, 0.3) is 5.76 Å². The Kier molecular flexibility index (Phi) is 7.41. The first-order valence-corrected chi connectivity index (χ1v) is 11.9. The quantitative estimate of drug-likeness (QED) is 0.197. The molecular formula is C27H23BrN2O5. The first-order valence-electron chi connectivity index (χ1n) is 11.1. The summed E-state index contributed by atoms with van der Waals surface area (Å²) >= 11 is 3.36. The van der Waals surface area contributed by atoms with Crippen molar-refractivity contribution in [3.63, 3.8) is 0 Å². The van der Waals surface area contributed by atoms with Crippen LogP contribution in [0.4, 0.5) is 0 Å². The monoisotopic (exact) mass is 534 g/mol. The van der Waals surface area contributed by atoms with E-state index in [0.29, 0.717) is 23.3 Å². The number of carbonyl (C=O) groups is 3. The van der Waals surface area contributed by atoms with Gasteiger partial charge >= 0.3 is 5.97 Å². The number of rotatable bonds is 7. The largest absolute Gasteiger partial charge is 0.507 e. The third kappa shape index (κ3) is 5.17. The highest BCUT2D eigenvalue weighted by molar-refractivity contribution is 9.10. The van der Waals surface area contributed by atoms with Gasteiger partial charge in [0.05, 0.1) is 23.8 Å². The summed E-state index contributed by atoms with van der Waals surface area (Å²) in [7, 11) is 0. The van der Waals surface area contributed by atoms with Crippen molar-refractivity contribution in [2.24, 2.45) is 0 Å². The van der Waals surface area contributed by atoms with Gasteiger partial charge in [-0.1, -0.05) is 53.2 Å². The highest BCUT2D eigenvalue weighted by Crippen LogP contribution is 2.40. The van der Waals surface area contributed by atoms with Gasteiger partial charge in [0.15, 0.2) is 0 Å². The van der Waals surface area contributed by atoms with E-state index in [9.17, 15) is 19.5 Å². The zero-order chi connectivity index (χ0) is 24.9. The molecule has 1 saturated heterocycles. The second-order valence-corrected chi connectivity index (χ2v) is 8.97. The average molecular weight is 535 g/mol. The lowest BCUT2D eigenvalue weighted by Crippen LogP contribution is -2.29. The number of pyridine rings is 1. The Morgan fingerprint density at radius 3 is 2.37 bits per heavy atom. The standard InChI is InChI=1S/C27H23BrN2O5/c1-2-14-35-27(34)19-7-5-17(6-8-19)16-30-23(20-4-3-13-29-15-20)22(25(32)26(30)33)24(31)18-9-11-21(28)12-10-18/h3-13,15,23,31H,2,14,16H2,1H3/b24-22+. The lowest BCUT2D eigenvalue weighted by molar-refractivity contribution is -0.140. The molecule has 3 aromatic rings. The third-order valence-corrected chi connectivity index (χ3v) is 6.17. The number of carbonyl (C=O) groups excluding carboxylic acids is 3. The van der Waals surface area contributed by atoms with E-state index in [1.807, 2.05) is 6.92 Å². The van der Waals surface area contributed by atoms with Crippen LogP contribution < -0.4 is 0 Å². The van der Waals surface area contributed by atoms with Crippen LogP contribution in [0.1, 0.15) is 46.4 Å². The Morgan fingerprint density at radius 2 is 1.74 bits per heavy atom. The Hall–Kier alpha value is -3.78. The van der Waals surface area contributed by atoms with Gasteiger partial charge in [0.25, 0.3) is 11.7 Å². The van der Waals surface area contributed by atoms with E-state index < -0.39 is 23.7 Å². The Labute approximate surface area is 211 Å². The molecule has 7 nitrogen and oxygen atoms in total. The fourth-order valence-corrected chi connectivity index (χ4v) is 4.18. The summed E-state index contributed by atoms with van der Waals surface area (Å²) in [5, 5.41) is 11.1. The smallest absolute Gasteiger partial charge is 0.338 e. The van der Waals surface area contributed by atoms with Gasteiger partial charge in [-0.3, -0.25) is 14.6 Å². The maximum Gasteiger partial charge on any atom is 0.338 e. The van der Waals surface area contributed by atoms with Gasteiger partial charge in [0, 0.05) is 29.0 Å². The van der Waals surface area contributed by atoms with Crippen LogP contribution in [0.5, 0.6) is 0 Å². The number of likely N-dealkylation sites (tertiary alicyclic amines) is 1. The minimum atomic E-state index is -0.818. The van der Waals surface area contributed by atoms with Crippen molar-refractivity contribution in [3.05, 3.63) is 105 Å². The molecular weight excluding hydrogens is 512 g/mol. The van der Waals surface area contributed by atoms with Crippen LogP contribution in [0.15, 0.2) is 83.1 Å². The van der Waals surface area contributed by atoms with E-state index in [1.165, 1.54) is 4.90 Å². The zero-order valence-corrected chi connectivity index (χ0v) is 20.6. The van der Waals surface area contributed by atoms with Crippen molar-refractivity contribution in [1.82, 2.24) is 9.88 Å². The van der Waals surface area contributed by atoms with Crippen LogP contribution in [0, 0.1) is 0 Å². The molecule has 0 bridgehead atoms. The molecule has 8 heteroatoms. The van der Waals surface area contributed by atoms with Crippen LogP contribution in [0.2, 0.25) is 0 Å². The topological polar surface area (TPSA) is 96.8 Å². The molecule has 0 spiro atoms. The number of hydrogen-bond acceptors (Lipinski definition) is 6. The maximum absolute atomic E-state index is 13.1. The van der Waals surface area contributed by atoms with Gasteiger partial charge in [-0.2, -0.15) is 0 Å². The average Bonchev–Trinajstić information content (AvgIpc) is 3.13. The summed E-state index contributed by atoms with van der Waals surface area (Å²) in [6.07, 6.45) is 3.90. The second kappa shape index (κ2) is 10.7. The first-order chi connectivity index (χ1) is 16.9. The van der Waals surface area contributed by atoms with E-state index in [4.69, 9.17) is 4.74 Å². The summed E-state index contributed by atoms with van der Waals surface area (Å²) in [6.45, 7) is 2.36. The molecule has 0 saturated carbocycles. The fourth-order valence-electron chi connectivity index (χ4n) is 3.91. The second-order valence-electron chi connectivity index (χ2n) is 8.05. The van der Waals surface area contributed by atoms with Crippen molar-refractivity contribution in [1.29, 1.82) is 0 Å². The highest BCUT2D eigenvalue weighted by Gasteiger charge is 2.46. The molecule has 1 amide bonds. The molecule has 1 aromatic heterocycles. The van der Waals surface area contributed by atoms with Crippen LogP contribution >= 0.6 is 15.9 Å². The van der Waals surface area contributed by atoms with Crippen molar-refractivity contribution in [2.45, 2.75) is 25.9 Å². The van der Waals surface area contributed by atoms with Gasteiger partial charge in [0.2, 0.25) is 0 Å². The van der Waals surface area contributed by atoms with E-state index in [1.54, 1.807) is 73.1 Å². The number of aromatic nitrogens is 1. The lowest BCUT2D eigenvalue weighted by atomic mass is 9.96. The molecule has 1 aliphatic rings. The minimum absolute atomic E-state index is 0.00471. The minimum Gasteiger partial charge on any atom is -0.507 e. The first kappa shape index (κ1) is 24.3. The van der Waals surface area contributed by atoms with Crippen molar-refractivity contribution in [3.8, 4) is 0 Å². The number of aliphatic hydroxyl groups is 1. The van der Waals surface area contributed by atoms with Gasteiger partial charge in [0.1, 0.15) is 5.76 Å². The van der Waals surface area contributed by atoms with Crippen molar-refractivity contribution in [2.75, 3.05) is 6.61 Å². The number of aliphatic hydroxyl groups excluding tert-OH is 1. The number of Topliss-reactive ketones (excluding diaryl/α,β-unsaturated/α-hetero) is 1. The highest BCUT2D eigenvalue weighted by atomic mass is 79.9. The van der Waals surface area contributed by atoms with Gasteiger partial charge in [-0.25, -0.2) is 4.79 Å². The zero-order valence-electron chi connectivity index (χ0n) is 19.0. The molecule has 178 valence electrons. The molecule has 1 atom stereocenters.